The highest BCUT2D eigenvalue weighted by Crippen LogP contribution is 2.29. The van der Waals surface area contributed by atoms with E-state index in [0.717, 1.165) is 31.6 Å². The van der Waals surface area contributed by atoms with Crippen molar-refractivity contribution < 1.29 is 19.5 Å². The molecule has 1 aromatic carbocycles. The molecule has 0 radical (unpaired) electrons. The van der Waals surface area contributed by atoms with E-state index in [4.69, 9.17) is 16.3 Å². The Morgan fingerprint density at radius 3 is 2.85 bits per heavy atom. The predicted molar refractivity (Wildman–Crippen MR) is 126 cm³/mol. The number of hydrogen-bond donors (Lipinski definition) is 4. The van der Waals surface area contributed by atoms with E-state index in [0.29, 0.717) is 53.6 Å². The van der Waals surface area contributed by atoms with E-state index in [-0.39, 0.29) is 12.5 Å². The van der Waals surface area contributed by atoms with Gasteiger partial charge in [-0.1, -0.05) is 11.6 Å². The molecule has 1 aromatic heterocycles. The highest BCUT2D eigenvalue weighted by molar-refractivity contribution is 6.31. The number of nitrogens with zero attached hydrogens (tertiary/aromatic N) is 3. The molecule has 4 N–H and O–H groups in total. The molecule has 34 heavy (non-hydrogen) atoms. The molecule has 180 valence electrons. The van der Waals surface area contributed by atoms with Crippen molar-refractivity contribution in [2.75, 3.05) is 43.0 Å². The zero-order valence-corrected chi connectivity index (χ0v) is 19.2. The van der Waals surface area contributed by atoms with E-state index in [1.807, 2.05) is 12.1 Å². The van der Waals surface area contributed by atoms with Gasteiger partial charge in [0.15, 0.2) is 23.9 Å². The third-order valence-electron chi connectivity index (χ3n) is 6.29. The zero-order valence-electron chi connectivity index (χ0n) is 18.5. The molecule has 0 saturated carbocycles. The van der Waals surface area contributed by atoms with E-state index in [2.05, 4.69) is 25.9 Å². The van der Waals surface area contributed by atoms with E-state index in [1.165, 1.54) is 0 Å². The minimum atomic E-state index is -0.421. The molecule has 1 saturated heterocycles. The lowest BCUT2D eigenvalue weighted by Gasteiger charge is -2.37. The highest BCUT2D eigenvalue weighted by Gasteiger charge is 2.30. The third-order valence-corrected chi connectivity index (χ3v) is 6.53. The molecule has 0 aliphatic carbocycles. The van der Waals surface area contributed by atoms with Crippen molar-refractivity contribution in [1.29, 1.82) is 0 Å². The summed E-state index contributed by atoms with van der Waals surface area (Å²) in [4.78, 5) is 32.3. The van der Waals surface area contributed by atoms with Crippen molar-refractivity contribution >= 4 is 40.7 Å². The van der Waals surface area contributed by atoms with Crippen molar-refractivity contribution in [3.8, 4) is 5.75 Å². The van der Waals surface area contributed by atoms with Crippen LogP contribution in [0, 0.1) is 5.21 Å². The fraction of sp³-hybridized carbons (Fsp3) is 0.409. The first-order valence-corrected chi connectivity index (χ1v) is 11.6. The van der Waals surface area contributed by atoms with E-state index in [1.54, 1.807) is 23.1 Å². The van der Waals surface area contributed by atoms with Crippen LogP contribution in [0.3, 0.4) is 0 Å². The second kappa shape index (κ2) is 9.72. The number of urea groups is 1. The Kier molecular flexibility index (Phi) is 6.53. The summed E-state index contributed by atoms with van der Waals surface area (Å²) in [5, 5.41) is 18.5. The average molecular weight is 488 g/mol. The quantitative estimate of drug-likeness (QED) is 0.443. The number of piperidine rings is 1. The number of quaternary nitrogens is 1. The summed E-state index contributed by atoms with van der Waals surface area (Å²) in [5.74, 6) is 0.864. The number of nitrogens with one attached hydrogen (secondary N) is 4. The van der Waals surface area contributed by atoms with Crippen LogP contribution in [0.15, 0.2) is 30.3 Å². The number of fused-ring (bicyclic) bond motifs is 2. The number of ether oxygens (including phenoxy) is 1. The zero-order chi connectivity index (χ0) is 23.7. The van der Waals surface area contributed by atoms with Crippen LogP contribution in [0.1, 0.15) is 18.5 Å². The maximum atomic E-state index is 12.4. The molecule has 0 spiro atoms. The molecule has 12 heteroatoms. The monoisotopic (exact) mass is 487 g/mol. The smallest absolute Gasteiger partial charge is 0.366 e. The molecule has 3 amide bonds. The average Bonchev–Trinajstić information content (AvgIpc) is 2.83. The number of likely N-dealkylation sites (tertiary alicyclic amines) is 1. The number of carbonyl (C=O) groups excluding carboxylic acids is 2. The Balaban J connectivity index is 1.10. The van der Waals surface area contributed by atoms with E-state index >= 15 is 0 Å². The summed E-state index contributed by atoms with van der Waals surface area (Å²) in [5.41, 5.74) is 4.24. The molecule has 11 nitrogen and oxygen atoms in total. The lowest BCUT2D eigenvalue weighted by atomic mass is 10.0. The van der Waals surface area contributed by atoms with Gasteiger partial charge in [0.2, 0.25) is 0 Å². The first kappa shape index (κ1) is 22.8. The van der Waals surface area contributed by atoms with Crippen molar-refractivity contribution in [2.45, 2.75) is 25.4 Å². The second-order valence-corrected chi connectivity index (χ2v) is 8.99. The number of carbonyl (C=O) groups is 2. The normalized spacial score (nSPS) is 20.8. The number of halogens is 1. The molecule has 3 aliphatic rings. The molecule has 1 unspecified atom stereocenters. The van der Waals surface area contributed by atoms with Gasteiger partial charge in [-0.05, 0) is 50.2 Å². The van der Waals surface area contributed by atoms with Crippen LogP contribution in [0.2, 0.25) is 5.02 Å². The van der Waals surface area contributed by atoms with Crippen LogP contribution in [-0.2, 0) is 11.3 Å². The van der Waals surface area contributed by atoms with Crippen LogP contribution < -0.4 is 30.9 Å². The topological polar surface area (TPSA) is 126 Å². The minimum Gasteiger partial charge on any atom is -0.603 e. The molecule has 2 aromatic rings. The third kappa shape index (κ3) is 4.93. The van der Waals surface area contributed by atoms with Gasteiger partial charge in [0.25, 0.3) is 5.91 Å². The van der Waals surface area contributed by atoms with Gasteiger partial charge in [0.1, 0.15) is 5.69 Å². The Hall–Kier alpha value is -2.96. The minimum absolute atomic E-state index is 0.0195. The second-order valence-electron chi connectivity index (χ2n) is 8.56. The Labute approximate surface area is 201 Å². The van der Waals surface area contributed by atoms with Gasteiger partial charge in [0.05, 0.1) is 5.69 Å². The molecule has 1 fully saturated rings. The molecule has 4 heterocycles. The van der Waals surface area contributed by atoms with Gasteiger partial charge in [-0.25, -0.2) is 15.0 Å². The fourth-order valence-corrected chi connectivity index (χ4v) is 4.60. The van der Waals surface area contributed by atoms with E-state index < -0.39 is 11.2 Å². The lowest BCUT2D eigenvalue weighted by molar-refractivity contribution is -0.817. The van der Waals surface area contributed by atoms with E-state index in [9.17, 15) is 14.8 Å². The van der Waals surface area contributed by atoms with Gasteiger partial charge in [-0.15, -0.1) is 0 Å². The van der Waals surface area contributed by atoms with Crippen LogP contribution in [0.25, 0.3) is 0 Å². The van der Waals surface area contributed by atoms with Crippen molar-refractivity contribution in [3.05, 3.63) is 46.3 Å². The van der Waals surface area contributed by atoms with Crippen LogP contribution in [0.4, 0.5) is 22.0 Å². The Bertz CT molecular complexity index is 1090. The first-order valence-electron chi connectivity index (χ1n) is 11.3. The lowest BCUT2D eigenvalue weighted by Crippen LogP contribution is -3.12. The van der Waals surface area contributed by atoms with Crippen LogP contribution in [-0.4, -0.2) is 60.6 Å². The predicted octanol–water partition coefficient (Wildman–Crippen LogP) is 0.779. The molecule has 1 atom stereocenters. The van der Waals surface area contributed by atoms with Gasteiger partial charge in [-0.2, -0.15) is 5.43 Å². The van der Waals surface area contributed by atoms with Gasteiger partial charge < -0.3 is 25.5 Å². The summed E-state index contributed by atoms with van der Waals surface area (Å²) < 4.78 is 5.35. The number of pyridine rings is 1. The number of amides is 3. The number of anilines is 2. The first-order chi connectivity index (χ1) is 16.5. The largest absolute Gasteiger partial charge is 0.603 e. The SMILES string of the molecule is O=C1COc2ccc(CNC3CCN(CCN4C(=O)N[NH+]([O-])c5ccc(Cl)cc54)CC3)nc2N1. The molecule has 3 aliphatic heterocycles. The summed E-state index contributed by atoms with van der Waals surface area (Å²) in [6, 6.07) is 8.62. The van der Waals surface area contributed by atoms with Crippen LogP contribution in [0.5, 0.6) is 5.75 Å². The number of hydrogen-bond acceptors (Lipinski definition) is 7. The number of rotatable bonds is 6. The standard InChI is InChI=1S/C22H26ClN7O4/c23-14-1-3-17-18(11-14)29(22(32)27-30(17)33)10-9-28-7-5-15(6-8-28)24-12-16-2-4-19-21(25-16)26-20(31)13-34-19/h1-4,11,15,24,30H,5-10,12-13H2,(H,27,32)(H,25,26,31). The van der Waals surface area contributed by atoms with Gasteiger partial charge in [0, 0.05) is 36.8 Å². The van der Waals surface area contributed by atoms with Crippen molar-refractivity contribution in [3.63, 3.8) is 0 Å². The maximum absolute atomic E-state index is 12.4. The Morgan fingerprint density at radius 1 is 1.21 bits per heavy atom. The summed E-state index contributed by atoms with van der Waals surface area (Å²) in [7, 11) is 0. The number of benzene rings is 1. The molecule has 0 bridgehead atoms. The van der Waals surface area contributed by atoms with Crippen LogP contribution >= 0.6 is 11.6 Å². The summed E-state index contributed by atoms with van der Waals surface area (Å²) >= 11 is 6.10. The van der Waals surface area contributed by atoms with Crippen molar-refractivity contribution in [2.24, 2.45) is 0 Å². The molecule has 5 rings (SSSR count). The van der Waals surface area contributed by atoms with Gasteiger partial charge in [-0.3, -0.25) is 9.69 Å². The number of aromatic nitrogens is 1. The molecular formula is C22H26ClN7O4. The van der Waals surface area contributed by atoms with Crippen molar-refractivity contribution in [1.82, 2.24) is 20.6 Å². The highest BCUT2D eigenvalue weighted by atomic mass is 35.5. The summed E-state index contributed by atoms with van der Waals surface area (Å²) in [6.45, 7) is 3.59. The maximum Gasteiger partial charge on any atom is 0.366 e. The van der Waals surface area contributed by atoms with Gasteiger partial charge >= 0.3 is 6.03 Å². The fourth-order valence-electron chi connectivity index (χ4n) is 4.44. The molecular weight excluding hydrogens is 462 g/mol. The Morgan fingerprint density at radius 2 is 2.03 bits per heavy atom. The summed E-state index contributed by atoms with van der Waals surface area (Å²) in [6.07, 6.45) is 1.94.